The van der Waals surface area contributed by atoms with Crippen molar-refractivity contribution >= 4 is 40.7 Å². The van der Waals surface area contributed by atoms with E-state index >= 15 is 0 Å². The number of aromatic hydroxyl groups is 1. The predicted molar refractivity (Wildman–Crippen MR) is 227 cm³/mol. The Hall–Kier alpha value is -5.59. The molecule has 5 rings (SSSR count). The van der Waals surface area contributed by atoms with E-state index in [1.54, 1.807) is 57.4 Å². The molecule has 0 radical (unpaired) electrons. The van der Waals surface area contributed by atoms with Gasteiger partial charge in [-0.05, 0) is 95.2 Å². The number of carbonyl (C=O) groups excluding carboxylic acids is 5. The molecular formula is C44H60N6O12. The van der Waals surface area contributed by atoms with Crippen LogP contribution in [0.2, 0.25) is 0 Å². The third-order valence-corrected chi connectivity index (χ3v) is 11.1. The number of phenolic OH excluding ortho intramolecular Hbond substituents is 1. The Morgan fingerprint density at radius 2 is 1.76 bits per heavy atom. The summed E-state index contributed by atoms with van der Waals surface area (Å²) in [5.74, 6) is -2.65. The molecule has 0 aliphatic carbocycles. The zero-order valence-corrected chi connectivity index (χ0v) is 36.6. The fourth-order valence-corrected chi connectivity index (χ4v) is 7.77. The van der Waals surface area contributed by atoms with Gasteiger partial charge in [0.15, 0.2) is 0 Å². The van der Waals surface area contributed by atoms with Crippen LogP contribution in [0, 0.1) is 5.92 Å². The topological polar surface area (TPSA) is 249 Å². The molecule has 3 atom stereocenters. The van der Waals surface area contributed by atoms with Gasteiger partial charge in [-0.3, -0.25) is 19.2 Å². The second-order valence-electron chi connectivity index (χ2n) is 16.5. The number of ether oxygens (including phenoxy) is 5. The number of amides is 3. The predicted octanol–water partition coefficient (Wildman–Crippen LogP) is 3.21. The number of hydrogen-bond donors (Lipinski definition) is 5. The molecule has 62 heavy (non-hydrogen) atoms. The van der Waals surface area contributed by atoms with Crippen LogP contribution in [0.15, 0.2) is 29.1 Å². The standard InChI is InChI=1S/C44H60N6O12/c1-8-27-28-17-26(51)14-15-32(28)47-38-29(27)19-50-35(38)18-31-30(40(50)55)20-60-41(56)44(31,9-2)62-42(57)61-21-34(25(4)5)48-39(54)33(13-11-12-16-45)46-36(52)22-59-23-37(53)49-43(6,7)24-58-10-3/h14-15,17-18,25,33-34,51H,8-13,16,19-24,45H2,1-7H3,(H,46,52)(H,48,54)(H,49,53). The van der Waals surface area contributed by atoms with Crippen molar-refractivity contribution in [3.05, 3.63) is 56.9 Å². The summed E-state index contributed by atoms with van der Waals surface area (Å²) in [6.07, 6.45) is 0.650. The Morgan fingerprint density at radius 3 is 2.44 bits per heavy atom. The van der Waals surface area contributed by atoms with E-state index in [-0.39, 0.29) is 62.0 Å². The Morgan fingerprint density at radius 1 is 1.02 bits per heavy atom. The fraction of sp³-hybridized carbons (Fsp3) is 0.568. The second-order valence-corrected chi connectivity index (χ2v) is 16.5. The van der Waals surface area contributed by atoms with E-state index in [4.69, 9.17) is 34.4 Å². The van der Waals surface area contributed by atoms with Gasteiger partial charge in [0, 0.05) is 23.1 Å². The van der Waals surface area contributed by atoms with Crippen molar-refractivity contribution in [1.82, 2.24) is 25.5 Å². The summed E-state index contributed by atoms with van der Waals surface area (Å²) < 4.78 is 29.1. The smallest absolute Gasteiger partial charge is 0.508 e. The highest BCUT2D eigenvalue weighted by molar-refractivity contribution is 5.91. The average molecular weight is 865 g/mol. The number of nitrogens with one attached hydrogen (secondary N) is 3. The van der Waals surface area contributed by atoms with E-state index in [1.807, 2.05) is 13.8 Å². The van der Waals surface area contributed by atoms with E-state index in [0.29, 0.717) is 55.9 Å². The van der Waals surface area contributed by atoms with Crippen LogP contribution >= 0.6 is 0 Å². The molecule has 18 heteroatoms. The van der Waals surface area contributed by atoms with Gasteiger partial charge in [-0.2, -0.15) is 0 Å². The van der Waals surface area contributed by atoms with E-state index in [0.717, 1.165) is 16.5 Å². The Bertz CT molecular complexity index is 2220. The average Bonchev–Trinajstić information content (AvgIpc) is 3.59. The molecular weight excluding hydrogens is 805 g/mol. The van der Waals surface area contributed by atoms with Crippen LogP contribution in [-0.4, -0.2) is 102 Å². The summed E-state index contributed by atoms with van der Waals surface area (Å²) in [5, 5.41) is 19.3. The number of pyridine rings is 2. The first-order valence-electron chi connectivity index (χ1n) is 21.2. The Kier molecular flexibility index (Phi) is 15.7. The molecule has 0 bridgehead atoms. The van der Waals surface area contributed by atoms with Crippen LogP contribution in [0.25, 0.3) is 22.3 Å². The van der Waals surface area contributed by atoms with E-state index < -0.39 is 65.2 Å². The lowest BCUT2D eigenvalue weighted by Crippen LogP contribution is -2.53. The summed E-state index contributed by atoms with van der Waals surface area (Å²) in [4.78, 5) is 85.0. The van der Waals surface area contributed by atoms with Gasteiger partial charge in [-0.25, -0.2) is 14.6 Å². The van der Waals surface area contributed by atoms with Gasteiger partial charge in [0.05, 0.1) is 47.2 Å². The molecule has 2 aromatic heterocycles. The van der Waals surface area contributed by atoms with Crippen LogP contribution in [0.4, 0.5) is 4.79 Å². The summed E-state index contributed by atoms with van der Waals surface area (Å²) in [5.41, 5.74) is 6.27. The molecule has 1 aromatic carbocycles. The minimum atomic E-state index is -2.03. The molecule has 0 spiro atoms. The number of aromatic nitrogens is 2. The Balaban J connectivity index is 1.27. The number of benzene rings is 1. The van der Waals surface area contributed by atoms with Crippen molar-refractivity contribution in [2.75, 3.05) is 39.6 Å². The minimum Gasteiger partial charge on any atom is -0.508 e. The maximum atomic E-state index is 14.1. The molecule has 3 amide bonds. The zero-order chi connectivity index (χ0) is 45.4. The van der Waals surface area contributed by atoms with Crippen LogP contribution in [0.3, 0.4) is 0 Å². The summed E-state index contributed by atoms with van der Waals surface area (Å²) in [6, 6.07) is 4.79. The van der Waals surface area contributed by atoms with Gasteiger partial charge < -0.3 is 55.0 Å². The molecule has 18 nitrogen and oxygen atoms in total. The number of rotatable bonds is 21. The highest BCUT2D eigenvalue weighted by atomic mass is 16.7. The van der Waals surface area contributed by atoms with Crippen LogP contribution in [-0.2, 0) is 68.0 Å². The van der Waals surface area contributed by atoms with Gasteiger partial charge in [-0.15, -0.1) is 0 Å². The van der Waals surface area contributed by atoms with Crippen LogP contribution in [0.1, 0.15) is 96.4 Å². The third kappa shape index (κ3) is 10.7. The number of phenols is 1. The van der Waals surface area contributed by atoms with E-state index in [2.05, 4.69) is 16.0 Å². The molecule has 0 saturated heterocycles. The monoisotopic (exact) mass is 864 g/mol. The molecule has 338 valence electrons. The number of unbranched alkanes of at least 4 members (excludes halogenated alkanes) is 1. The molecule has 0 fully saturated rings. The molecule has 2 aliphatic heterocycles. The maximum Gasteiger partial charge on any atom is 0.509 e. The van der Waals surface area contributed by atoms with Crippen LogP contribution < -0.4 is 27.2 Å². The van der Waals surface area contributed by atoms with Crippen molar-refractivity contribution in [3.63, 3.8) is 0 Å². The first-order valence-corrected chi connectivity index (χ1v) is 21.2. The number of fused-ring (bicyclic) bond motifs is 5. The number of esters is 1. The number of nitrogens with zero attached hydrogens (tertiary/aromatic N) is 2. The number of cyclic esters (lactones) is 1. The summed E-state index contributed by atoms with van der Waals surface area (Å²) >= 11 is 0. The summed E-state index contributed by atoms with van der Waals surface area (Å²) in [6.45, 7) is 12.5. The number of hydrogen-bond acceptors (Lipinski definition) is 14. The quantitative estimate of drug-likeness (QED) is 0.0597. The second kappa shape index (κ2) is 20.5. The van der Waals surface area contributed by atoms with Crippen LogP contribution in [0.5, 0.6) is 5.75 Å². The lowest BCUT2D eigenvalue weighted by Gasteiger charge is -2.35. The first kappa shape index (κ1) is 47.5. The van der Waals surface area contributed by atoms with Gasteiger partial charge in [0.1, 0.15) is 38.2 Å². The van der Waals surface area contributed by atoms with Gasteiger partial charge in [0.2, 0.25) is 23.3 Å². The lowest BCUT2D eigenvalue weighted by atomic mass is 9.85. The lowest BCUT2D eigenvalue weighted by molar-refractivity contribution is -0.175. The number of carbonyl (C=O) groups is 5. The highest BCUT2D eigenvalue weighted by Gasteiger charge is 2.51. The van der Waals surface area contributed by atoms with Gasteiger partial charge in [-0.1, -0.05) is 27.7 Å². The van der Waals surface area contributed by atoms with E-state index in [9.17, 15) is 33.9 Å². The summed E-state index contributed by atoms with van der Waals surface area (Å²) in [7, 11) is 0. The molecule has 6 N–H and O–H groups in total. The zero-order valence-electron chi connectivity index (χ0n) is 36.6. The van der Waals surface area contributed by atoms with Crippen molar-refractivity contribution in [1.29, 1.82) is 0 Å². The highest BCUT2D eigenvalue weighted by Crippen LogP contribution is 2.42. The van der Waals surface area contributed by atoms with Gasteiger partial charge >= 0.3 is 12.1 Å². The SMILES string of the molecule is CCOCC(C)(C)NC(=O)COCC(=O)NC(CCCCN)C(=O)NC(COC(=O)OC1(CC)C(=O)OCc2c1cc1n(c2=O)Cc2c-1nc1ccc(O)cc1c2CC)C(C)C. The van der Waals surface area contributed by atoms with E-state index in [1.165, 1.54) is 6.07 Å². The minimum absolute atomic E-state index is 0.0941. The molecule has 3 aromatic rings. The normalized spacial score (nSPS) is 16.4. The molecule has 0 saturated carbocycles. The Labute approximate surface area is 360 Å². The van der Waals surface area contributed by atoms with Crippen molar-refractivity contribution < 1.29 is 52.8 Å². The largest absolute Gasteiger partial charge is 0.509 e. The van der Waals surface area contributed by atoms with Crippen molar-refractivity contribution in [2.45, 2.75) is 117 Å². The molecule has 3 unspecified atom stereocenters. The molecule has 2 aliphatic rings. The molecule has 4 heterocycles. The third-order valence-electron chi connectivity index (χ3n) is 11.1. The first-order chi connectivity index (χ1) is 29.5. The fourth-order valence-electron chi connectivity index (χ4n) is 7.77. The van der Waals surface area contributed by atoms with Gasteiger partial charge in [0.25, 0.3) is 5.56 Å². The number of nitrogens with two attached hydrogens (primary N) is 1. The van der Waals surface area contributed by atoms with Crippen molar-refractivity contribution in [2.24, 2.45) is 11.7 Å². The maximum absolute atomic E-state index is 14.1. The number of aryl methyl sites for hydroxylation is 1. The van der Waals surface area contributed by atoms with Crippen molar-refractivity contribution in [3.8, 4) is 17.1 Å².